The smallest absolute Gasteiger partial charge is 0.303 e. The SMILES string of the molecule is Cc1sc(-c2ccccc2)nc1CCOc1ccc(CCC(=O)O)c(C(=O)NCc2cc(F)cc(F)c2)c1. The number of ether oxygens (including phenoxy) is 1. The molecule has 0 atom stereocenters. The van der Waals surface area contributed by atoms with Crippen LogP contribution in [-0.2, 0) is 24.2 Å². The molecule has 38 heavy (non-hydrogen) atoms. The number of halogens is 2. The average Bonchev–Trinajstić information content (AvgIpc) is 3.26. The standard InChI is InChI=1S/C29H26F2N2O4S/c1-18-26(33-29(38-18)21-5-3-2-4-6-21)11-12-37-24-9-7-20(8-10-27(34)35)25(16-24)28(36)32-17-19-13-22(30)15-23(31)14-19/h2-7,9,13-16H,8,10-12,17H2,1H3,(H,32,36)(H,34,35). The molecule has 9 heteroatoms. The number of benzene rings is 3. The van der Waals surface area contributed by atoms with Crippen LogP contribution < -0.4 is 10.1 Å². The van der Waals surface area contributed by atoms with Crippen molar-refractivity contribution in [2.24, 2.45) is 0 Å². The molecule has 0 aliphatic heterocycles. The van der Waals surface area contributed by atoms with E-state index < -0.39 is 23.5 Å². The van der Waals surface area contributed by atoms with Gasteiger partial charge < -0.3 is 15.2 Å². The Morgan fingerprint density at radius 1 is 1.00 bits per heavy atom. The van der Waals surface area contributed by atoms with Gasteiger partial charge in [0.25, 0.3) is 5.91 Å². The maximum absolute atomic E-state index is 13.5. The molecule has 6 nitrogen and oxygen atoms in total. The molecule has 1 amide bonds. The maximum Gasteiger partial charge on any atom is 0.303 e. The van der Waals surface area contributed by atoms with Crippen molar-refractivity contribution in [2.45, 2.75) is 32.7 Å². The van der Waals surface area contributed by atoms with Gasteiger partial charge >= 0.3 is 5.97 Å². The van der Waals surface area contributed by atoms with Crippen molar-refractivity contribution >= 4 is 23.2 Å². The van der Waals surface area contributed by atoms with E-state index in [0.29, 0.717) is 24.3 Å². The van der Waals surface area contributed by atoms with Gasteiger partial charge in [-0.05, 0) is 48.7 Å². The number of aromatic nitrogens is 1. The molecule has 4 rings (SSSR count). The van der Waals surface area contributed by atoms with Crippen molar-refractivity contribution in [1.82, 2.24) is 10.3 Å². The van der Waals surface area contributed by atoms with Crippen molar-refractivity contribution in [3.8, 4) is 16.3 Å². The number of rotatable bonds is 11. The summed E-state index contributed by atoms with van der Waals surface area (Å²) in [6, 6.07) is 17.9. The van der Waals surface area contributed by atoms with E-state index in [-0.39, 0.29) is 30.5 Å². The van der Waals surface area contributed by atoms with Gasteiger partial charge in [-0.25, -0.2) is 13.8 Å². The number of hydrogen-bond acceptors (Lipinski definition) is 5. The summed E-state index contributed by atoms with van der Waals surface area (Å²) in [7, 11) is 0. The molecule has 196 valence electrons. The molecule has 1 heterocycles. The number of amides is 1. The number of thiazole rings is 1. The molecule has 2 N–H and O–H groups in total. The van der Waals surface area contributed by atoms with Gasteiger partial charge in [-0.2, -0.15) is 0 Å². The lowest BCUT2D eigenvalue weighted by Crippen LogP contribution is -2.24. The van der Waals surface area contributed by atoms with E-state index in [0.717, 1.165) is 39.3 Å². The second-order valence-electron chi connectivity index (χ2n) is 8.66. The first-order chi connectivity index (χ1) is 18.3. The third-order valence-corrected chi connectivity index (χ3v) is 6.89. The zero-order valence-corrected chi connectivity index (χ0v) is 21.5. The number of aliphatic carboxylic acids is 1. The lowest BCUT2D eigenvalue weighted by Gasteiger charge is -2.13. The van der Waals surface area contributed by atoms with Gasteiger partial charge in [0.2, 0.25) is 0 Å². The van der Waals surface area contributed by atoms with Crippen molar-refractivity contribution in [2.75, 3.05) is 6.61 Å². The van der Waals surface area contributed by atoms with E-state index in [2.05, 4.69) is 5.32 Å². The quantitative estimate of drug-likeness (QED) is 0.247. The molecule has 0 spiro atoms. The fourth-order valence-electron chi connectivity index (χ4n) is 3.94. The number of carbonyl (C=O) groups excluding carboxylic acids is 1. The van der Waals surface area contributed by atoms with E-state index in [4.69, 9.17) is 14.8 Å². The van der Waals surface area contributed by atoms with Crippen LogP contribution in [0.3, 0.4) is 0 Å². The van der Waals surface area contributed by atoms with Gasteiger partial charge in [-0.3, -0.25) is 9.59 Å². The lowest BCUT2D eigenvalue weighted by atomic mass is 10.0. The average molecular weight is 537 g/mol. The highest BCUT2D eigenvalue weighted by molar-refractivity contribution is 7.15. The van der Waals surface area contributed by atoms with Crippen LogP contribution in [0.5, 0.6) is 5.75 Å². The molecular formula is C29H26F2N2O4S. The summed E-state index contributed by atoms with van der Waals surface area (Å²) in [4.78, 5) is 29.9. The summed E-state index contributed by atoms with van der Waals surface area (Å²) in [5.41, 5.74) is 3.04. The van der Waals surface area contributed by atoms with Crippen molar-refractivity contribution in [3.63, 3.8) is 0 Å². The Kier molecular flexibility index (Phi) is 8.81. The maximum atomic E-state index is 13.5. The largest absolute Gasteiger partial charge is 0.493 e. The zero-order valence-electron chi connectivity index (χ0n) is 20.7. The molecule has 0 radical (unpaired) electrons. The van der Waals surface area contributed by atoms with Gasteiger partial charge in [0.1, 0.15) is 22.4 Å². The van der Waals surface area contributed by atoms with Crippen LogP contribution in [0.2, 0.25) is 0 Å². The minimum atomic E-state index is -0.986. The first-order valence-electron chi connectivity index (χ1n) is 12.0. The monoisotopic (exact) mass is 536 g/mol. The Hall–Kier alpha value is -4.11. The summed E-state index contributed by atoms with van der Waals surface area (Å²) in [6.45, 7) is 2.25. The third-order valence-electron chi connectivity index (χ3n) is 5.83. The number of carbonyl (C=O) groups is 2. The molecule has 0 bridgehead atoms. The summed E-state index contributed by atoms with van der Waals surface area (Å²) in [5, 5.41) is 12.7. The van der Waals surface area contributed by atoms with Gasteiger partial charge in [0, 0.05) is 41.5 Å². The first-order valence-corrected chi connectivity index (χ1v) is 12.8. The zero-order chi connectivity index (χ0) is 27.1. The van der Waals surface area contributed by atoms with Crippen LogP contribution >= 0.6 is 11.3 Å². The highest BCUT2D eigenvalue weighted by Crippen LogP contribution is 2.28. The van der Waals surface area contributed by atoms with Gasteiger partial charge in [0.05, 0.1) is 12.3 Å². The van der Waals surface area contributed by atoms with E-state index in [1.807, 2.05) is 37.3 Å². The summed E-state index contributed by atoms with van der Waals surface area (Å²) in [6.07, 6.45) is 0.568. The lowest BCUT2D eigenvalue weighted by molar-refractivity contribution is -0.136. The summed E-state index contributed by atoms with van der Waals surface area (Å²) < 4.78 is 32.9. The van der Waals surface area contributed by atoms with Crippen LogP contribution in [0, 0.1) is 18.6 Å². The molecule has 1 aromatic heterocycles. The summed E-state index contributed by atoms with van der Waals surface area (Å²) in [5.74, 6) is -2.51. The van der Waals surface area contributed by atoms with Gasteiger partial charge in [-0.1, -0.05) is 36.4 Å². The molecule has 0 unspecified atom stereocenters. The summed E-state index contributed by atoms with van der Waals surface area (Å²) >= 11 is 1.62. The minimum absolute atomic E-state index is 0.0934. The molecular weight excluding hydrogens is 510 g/mol. The fourth-order valence-corrected chi connectivity index (χ4v) is 4.90. The topological polar surface area (TPSA) is 88.5 Å². The Labute approximate surface area is 222 Å². The molecule has 0 saturated carbocycles. The van der Waals surface area contributed by atoms with E-state index in [1.54, 1.807) is 29.5 Å². The van der Waals surface area contributed by atoms with Crippen LogP contribution in [0.4, 0.5) is 8.78 Å². The van der Waals surface area contributed by atoms with Crippen molar-refractivity contribution < 1.29 is 28.2 Å². The number of carboxylic acid groups (broad SMARTS) is 1. The predicted octanol–water partition coefficient (Wildman–Crippen LogP) is 5.97. The molecule has 3 aromatic carbocycles. The highest BCUT2D eigenvalue weighted by atomic mass is 32.1. The Morgan fingerprint density at radius 2 is 1.74 bits per heavy atom. The van der Waals surface area contributed by atoms with Gasteiger partial charge in [-0.15, -0.1) is 11.3 Å². The second-order valence-corrected chi connectivity index (χ2v) is 9.86. The van der Waals surface area contributed by atoms with Gasteiger partial charge in [0.15, 0.2) is 0 Å². The third kappa shape index (κ3) is 7.23. The molecule has 0 aliphatic rings. The van der Waals surface area contributed by atoms with E-state index in [9.17, 15) is 18.4 Å². The normalized spacial score (nSPS) is 10.8. The number of aryl methyl sites for hydroxylation is 2. The molecule has 0 saturated heterocycles. The van der Waals surface area contributed by atoms with E-state index in [1.165, 1.54) is 0 Å². The van der Waals surface area contributed by atoms with Crippen LogP contribution in [-0.4, -0.2) is 28.6 Å². The molecule has 0 fully saturated rings. The van der Waals surface area contributed by atoms with Crippen LogP contribution in [0.1, 0.15) is 38.5 Å². The molecule has 0 aliphatic carbocycles. The Bertz CT molecular complexity index is 1420. The predicted molar refractivity (Wildman–Crippen MR) is 141 cm³/mol. The van der Waals surface area contributed by atoms with E-state index >= 15 is 0 Å². The second kappa shape index (κ2) is 12.4. The number of carboxylic acids is 1. The van der Waals surface area contributed by atoms with Crippen molar-refractivity contribution in [1.29, 1.82) is 0 Å². The number of hydrogen-bond donors (Lipinski definition) is 2. The molecule has 4 aromatic rings. The number of nitrogens with zero attached hydrogens (tertiary/aromatic N) is 1. The van der Waals surface area contributed by atoms with Crippen LogP contribution in [0.15, 0.2) is 66.7 Å². The highest BCUT2D eigenvalue weighted by Gasteiger charge is 2.15. The first kappa shape index (κ1) is 26.9. The Morgan fingerprint density at radius 3 is 2.45 bits per heavy atom. The number of nitrogens with one attached hydrogen (secondary N) is 1. The minimum Gasteiger partial charge on any atom is -0.493 e. The van der Waals surface area contributed by atoms with Crippen molar-refractivity contribution in [3.05, 3.63) is 106 Å². The Balaban J connectivity index is 1.44. The fraction of sp³-hybridized carbons (Fsp3) is 0.207. The van der Waals surface area contributed by atoms with Crippen LogP contribution in [0.25, 0.3) is 10.6 Å².